The van der Waals surface area contributed by atoms with Crippen LogP contribution in [0.4, 0.5) is 0 Å². The van der Waals surface area contributed by atoms with E-state index in [1.807, 2.05) is 0 Å². The second-order valence-corrected chi connectivity index (χ2v) is 27.9. The largest absolute Gasteiger partial charge is 1.00 e. The van der Waals surface area contributed by atoms with Crippen LogP contribution in [0.5, 0.6) is 0 Å². The van der Waals surface area contributed by atoms with Gasteiger partial charge in [-0.15, -0.1) is 24.0 Å². The van der Waals surface area contributed by atoms with E-state index in [9.17, 15) is 0 Å². The first-order valence-electron chi connectivity index (χ1n) is 12.1. The zero-order valence-electron chi connectivity index (χ0n) is 23.1. The van der Waals surface area contributed by atoms with Crippen LogP contribution in [0.1, 0.15) is 24.0 Å². The quantitative estimate of drug-likeness (QED) is 0.373. The number of benzene rings is 2. The van der Waals surface area contributed by atoms with E-state index >= 15 is 0 Å². The molecule has 2 aliphatic rings. The van der Waals surface area contributed by atoms with E-state index in [0.29, 0.717) is 0 Å². The third-order valence-electron chi connectivity index (χ3n) is 5.48. The Bertz CT molecular complexity index is 1000. The zero-order valence-corrected chi connectivity index (χ0v) is 29.2. The summed E-state index contributed by atoms with van der Waals surface area (Å²) in [6.45, 7) is 18.8. The summed E-state index contributed by atoms with van der Waals surface area (Å²) in [7, 11) is -2.34. The molecule has 0 aliphatic heterocycles. The fourth-order valence-electron chi connectivity index (χ4n) is 3.57. The summed E-state index contributed by atoms with van der Waals surface area (Å²) in [6.07, 6.45) is 13.9. The molecule has 0 aromatic heterocycles. The fourth-order valence-corrected chi connectivity index (χ4v) is 6.02. The van der Waals surface area contributed by atoms with Gasteiger partial charge in [0.05, 0.1) is 0 Å². The van der Waals surface area contributed by atoms with Crippen molar-refractivity contribution in [2.45, 2.75) is 65.2 Å². The van der Waals surface area contributed by atoms with E-state index in [4.69, 9.17) is 0 Å². The molecule has 0 unspecified atom stereocenters. The SMILES string of the molecule is C[Si](C)(C)C1=[C-]CC(c2ccccc2)=C1.C[Si](C)(C)C1=[C-]CC(c2ccccc2)=C1.C[Si](C)=[Ti+2].[Cl-].[Cl-]. The van der Waals surface area contributed by atoms with Crippen LogP contribution in [0, 0.1) is 12.2 Å². The Morgan fingerprint density at radius 2 is 0.889 bits per heavy atom. The third kappa shape index (κ3) is 12.3. The minimum atomic E-state index is -1.17. The van der Waals surface area contributed by atoms with Gasteiger partial charge < -0.3 is 24.8 Å². The summed E-state index contributed by atoms with van der Waals surface area (Å²) >= 11 is 2.27. The van der Waals surface area contributed by atoms with Gasteiger partial charge in [0.25, 0.3) is 0 Å². The Morgan fingerprint density at radius 3 is 1.11 bits per heavy atom. The van der Waals surface area contributed by atoms with Crippen LogP contribution in [-0.4, -0.2) is 22.3 Å². The van der Waals surface area contributed by atoms with E-state index < -0.39 is 16.1 Å². The van der Waals surface area contributed by atoms with Crippen LogP contribution in [0.3, 0.4) is 0 Å². The first-order valence-corrected chi connectivity index (χ1v) is 24.0. The molecule has 0 fully saturated rings. The van der Waals surface area contributed by atoms with Crippen molar-refractivity contribution in [1.82, 2.24) is 0 Å². The van der Waals surface area contributed by atoms with Gasteiger partial charge in [-0.25, -0.2) is 22.5 Å². The molecule has 36 heavy (non-hydrogen) atoms. The smallest absolute Gasteiger partial charge is 1.00 e. The van der Waals surface area contributed by atoms with Gasteiger partial charge in [0.2, 0.25) is 0 Å². The second kappa shape index (κ2) is 16.3. The zero-order chi connectivity index (χ0) is 25.4. The molecule has 0 saturated heterocycles. The number of hydrogen-bond acceptors (Lipinski definition) is 0. The maximum atomic E-state index is 3.53. The molecule has 0 heterocycles. The number of halogens is 2. The van der Waals surface area contributed by atoms with Gasteiger partial charge in [-0.05, 0) is 11.1 Å². The third-order valence-corrected chi connectivity index (χ3v) is 9.36. The number of rotatable bonds is 4. The predicted octanol–water partition coefficient (Wildman–Crippen LogP) is 2.95. The van der Waals surface area contributed by atoms with Crippen molar-refractivity contribution in [2.24, 2.45) is 0 Å². The maximum Gasteiger partial charge on any atom is -1.00 e. The molecule has 0 amide bonds. The minimum Gasteiger partial charge on any atom is -1.00 e. The average Bonchev–Trinajstić information content (AvgIpc) is 3.45. The molecule has 2 aromatic carbocycles. The Kier molecular flexibility index (Phi) is 16.0. The summed E-state index contributed by atoms with van der Waals surface area (Å²) in [4.78, 5) is 0. The van der Waals surface area contributed by atoms with Gasteiger partial charge in [-0.1, -0.05) is 99.9 Å². The molecule has 4 rings (SSSR count). The molecule has 0 atom stereocenters. The first kappa shape index (κ1) is 35.3. The predicted molar refractivity (Wildman–Crippen MR) is 156 cm³/mol. The van der Waals surface area contributed by atoms with Gasteiger partial charge in [0.1, 0.15) is 0 Å². The molecule has 0 spiro atoms. The average molecular weight is 604 g/mol. The van der Waals surface area contributed by atoms with E-state index in [0.717, 1.165) is 12.8 Å². The molecule has 2 aromatic rings. The Hall–Kier alpha value is -0.655. The molecule has 0 radical (unpaired) electrons. The molecule has 2 aliphatic carbocycles. The number of allylic oxidation sites excluding steroid dienone is 8. The van der Waals surface area contributed by atoms with Crippen molar-refractivity contribution < 1.29 is 44.0 Å². The molecule has 0 saturated carbocycles. The van der Waals surface area contributed by atoms with Crippen LogP contribution in [-0.2, 0) is 19.2 Å². The van der Waals surface area contributed by atoms with Gasteiger partial charge in [0.15, 0.2) is 0 Å². The van der Waals surface area contributed by atoms with E-state index in [1.54, 1.807) is 0 Å². The van der Waals surface area contributed by atoms with Crippen LogP contribution < -0.4 is 24.8 Å². The van der Waals surface area contributed by atoms with Crippen molar-refractivity contribution >= 4 is 33.5 Å². The first-order chi connectivity index (χ1) is 15.9. The fraction of sp³-hybridized carbons (Fsp3) is 0.333. The second-order valence-electron chi connectivity index (χ2n) is 11.1. The Morgan fingerprint density at radius 1 is 0.611 bits per heavy atom. The molecular formula is C30H40Cl2Si3Ti-2. The van der Waals surface area contributed by atoms with Crippen molar-refractivity contribution in [3.05, 3.63) is 106 Å². The molecule has 0 nitrogen and oxygen atoms in total. The monoisotopic (exact) mass is 602 g/mol. The summed E-state index contributed by atoms with van der Waals surface area (Å²) in [5.41, 5.74) is 5.54. The van der Waals surface area contributed by atoms with E-state index in [2.05, 4.69) is 157 Å². The van der Waals surface area contributed by atoms with Crippen molar-refractivity contribution in [3.8, 4) is 0 Å². The van der Waals surface area contributed by atoms with Crippen molar-refractivity contribution in [2.75, 3.05) is 0 Å². The van der Waals surface area contributed by atoms with Crippen molar-refractivity contribution in [3.63, 3.8) is 0 Å². The van der Waals surface area contributed by atoms with E-state index in [1.165, 1.54) is 32.7 Å². The molecular weight excluding hydrogens is 563 g/mol. The van der Waals surface area contributed by atoms with Crippen LogP contribution in [0.25, 0.3) is 11.1 Å². The minimum absolute atomic E-state index is 0. The molecule has 192 valence electrons. The Balaban J connectivity index is 0.000000566. The van der Waals surface area contributed by atoms with Gasteiger partial charge in [-0.2, -0.15) is 0 Å². The van der Waals surface area contributed by atoms with Crippen molar-refractivity contribution in [1.29, 1.82) is 0 Å². The van der Waals surface area contributed by atoms with Gasteiger partial charge in [0, 0.05) is 16.1 Å². The molecule has 6 heteroatoms. The standard InChI is InChI=1S/2C14H17Si.C2H6Si.2ClH.Ti/c2*1-15(2,3)14-10-9-13(11-14)12-7-5-4-6-8-12;1-3-2;;;/h2*4-8,11H,9H2,1-3H3;1-2H3;2*1H;/q2*-1;;;;+2/p-2. The normalized spacial score (nSPS) is 14.3. The summed E-state index contributed by atoms with van der Waals surface area (Å²) < 4.78 is 0. The topological polar surface area (TPSA) is 0 Å². The molecule has 0 bridgehead atoms. The van der Waals surface area contributed by atoms with Gasteiger partial charge >= 0.3 is 38.5 Å². The summed E-state index contributed by atoms with van der Waals surface area (Å²) in [6, 6.07) is 21.3. The van der Waals surface area contributed by atoms with Crippen LogP contribution in [0.2, 0.25) is 52.4 Å². The van der Waals surface area contributed by atoms with E-state index in [-0.39, 0.29) is 31.0 Å². The van der Waals surface area contributed by atoms with Gasteiger partial charge in [-0.3, -0.25) is 12.2 Å². The number of hydrogen-bond donors (Lipinski definition) is 0. The Labute approximate surface area is 247 Å². The summed E-state index contributed by atoms with van der Waals surface area (Å²) in [5.74, 6) is 0. The van der Waals surface area contributed by atoms with Crippen LogP contribution in [0.15, 0.2) is 83.2 Å². The van der Waals surface area contributed by atoms with Crippen LogP contribution >= 0.6 is 0 Å². The molecule has 0 N–H and O–H groups in total. The maximum absolute atomic E-state index is 3.53. The summed E-state index contributed by atoms with van der Waals surface area (Å²) in [5, 5.41) is 2.95.